The van der Waals surface area contributed by atoms with Crippen LogP contribution in [0.25, 0.3) is 0 Å². The van der Waals surface area contributed by atoms with E-state index in [1.165, 1.54) is 6.07 Å². The van der Waals surface area contributed by atoms with Crippen LogP contribution in [0.3, 0.4) is 0 Å². The number of hydrogen-bond donors (Lipinski definition) is 1. The van der Waals surface area contributed by atoms with Crippen molar-refractivity contribution in [3.63, 3.8) is 0 Å². The van der Waals surface area contributed by atoms with Gasteiger partial charge in [-0.1, -0.05) is 6.07 Å². The number of primary sulfonamides is 1. The quantitative estimate of drug-likeness (QED) is 0.905. The fraction of sp³-hybridized carbons (Fsp3) is 0.375. The summed E-state index contributed by atoms with van der Waals surface area (Å²) >= 11 is 0. The lowest BCUT2D eigenvalue weighted by Crippen LogP contribution is -2.30. The summed E-state index contributed by atoms with van der Waals surface area (Å²) in [6, 6.07) is 4.59. The molecule has 2 aromatic rings. The zero-order valence-electron chi connectivity index (χ0n) is 13.6. The third kappa shape index (κ3) is 3.07. The Hall–Kier alpha value is -2.19. The van der Waals surface area contributed by atoms with Crippen molar-refractivity contribution in [2.75, 3.05) is 6.54 Å². The Morgan fingerprint density at radius 3 is 2.75 bits per heavy atom. The molecule has 0 saturated carbocycles. The number of carbonyl (C=O) groups excluding carboxylic acids is 1. The van der Waals surface area contributed by atoms with Gasteiger partial charge in [0.1, 0.15) is 0 Å². The zero-order chi connectivity index (χ0) is 17.5. The maximum Gasteiger partial charge on any atom is 0.254 e. The normalized spacial score (nSPS) is 18.1. The molecular weight excluding hydrogens is 328 g/mol. The van der Waals surface area contributed by atoms with Gasteiger partial charge in [-0.05, 0) is 37.5 Å². The van der Waals surface area contributed by atoms with E-state index in [0.29, 0.717) is 17.7 Å². The highest BCUT2D eigenvalue weighted by molar-refractivity contribution is 7.89. The van der Waals surface area contributed by atoms with E-state index in [0.717, 1.165) is 18.4 Å². The van der Waals surface area contributed by atoms with Gasteiger partial charge in [0.15, 0.2) is 0 Å². The highest BCUT2D eigenvalue weighted by atomic mass is 32.2. The number of amides is 1. The number of carbonyl (C=O) groups is 1. The highest BCUT2D eigenvalue weighted by Gasteiger charge is 2.31. The van der Waals surface area contributed by atoms with Gasteiger partial charge in [-0.3, -0.25) is 9.48 Å². The molecule has 3 rings (SSSR count). The van der Waals surface area contributed by atoms with Crippen molar-refractivity contribution in [2.45, 2.75) is 30.7 Å². The van der Waals surface area contributed by atoms with Crippen molar-refractivity contribution in [3.8, 4) is 0 Å². The third-order valence-corrected chi connectivity index (χ3v) is 5.42. The zero-order valence-corrected chi connectivity index (χ0v) is 14.5. The lowest BCUT2D eigenvalue weighted by Gasteiger charge is -2.24. The van der Waals surface area contributed by atoms with E-state index in [-0.39, 0.29) is 16.8 Å². The predicted octanol–water partition coefficient (Wildman–Crippen LogP) is 1.35. The molecule has 1 atom stereocenters. The molecule has 24 heavy (non-hydrogen) atoms. The Balaban J connectivity index is 1.94. The number of likely N-dealkylation sites (tertiary alicyclic amines) is 1. The summed E-state index contributed by atoms with van der Waals surface area (Å²) in [5.41, 5.74) is 1.85. The molecule has 1 aliphatic rings. The molecule has 0 unspecified atom stereocenters. The summed E-state index contributed by atoms with van der Waals surface area (Å²) in [6.07, 6.45) is 5.44. The molecule has 1 aromatic heterocycles. The van der Waals surface area contributed by atoms with E-state index < -0.39 is 10.0 Å². The van der Waals surface area contributed by atoms with Crippen LogP contribution in [0.1, 0.15) is 40.4 Å². The lowest BCUT2D eigenvalue weighted by molar-refractivity contribution is 0.0735. The minimum atomic E-state index is -3.86. The van der Waals surface area contributed by atoms with Crippen LogP contribution in [-0.4, -0.2) is 35.6 Å². The van der Waals surface area contributed by atoms with E-state index in [1.54, 1.807) is 34.8 Å². The number of benzene rings is 1. The molecule has 1 amide bonds. The maximum absolute atomic E-state index is 12.9. The summed E-state index contributed by atoms with van der Waals surface area (Å²) in [6.45, 7) is 2.29. The van der Waals surface area contributed by atoms with E-state index >= 15 is 0 Å². The molecule has 0 bridgehead atoms. The molecule has 1 fully saturated rings. The van der Waals surface area contributed by atoms with Crippen LogP contribution < -0.4 is 5.14 Å². The van der Waals surface area contributed by atoms with Gasteiger partial charge in [-0.25, -0.2) is 13.6 Å². The fourth-order valence-corrected chi connectivity index (χ4v) is 3.98. The van der Waals surface area contributed by atoms with Crippen molar-refractivity contribution < 1.29 is 13.2 Å². The number of sulfonamides is 1. The second-order valence-electron chi connectivity index (χ2n) is 6.13. The molecular formula is C16H20N4O3S. The maximum atomic E-state index is 12.9. The van der Waals surface area contributed by atoms with Gasteiger partial charge in [0.05, 0.1) is 17.1 Å². The van der Waals surface area contributed by atoms with Crippen LogP contribution in [-0.2, 0) is 17.1 Å². The van der Waals surface area contributed by atoms with Gasteiger partial charge < -0.3 is 4.90 Å². The van der Waals surface area contributed by atoms with E-state index in [2.05, 4.69) is 5.10 Å². The molecule has 1 aliphatic heterocycles. The average Bonchev–Trinajstić information content (AvgIpc) is 3.14. The summed E-state index contributed by atoms with van der Waals surface area (Å²) in [7, 11) is -2.02. The van der Waals surface area contributed by atoms with E-state index in [1.807, 2.05) is 13.2 Å². The summed E-state index contributed by atoms with van der Waals surface area (Å²) < 4.78 is 25.1. The second-order valence-corrected chi connectivity index (χ2v) is 7.66. The molecule has 0 spiro atoms. The van der Waals surface area contributed by atoms with Gasteiger partial charge in [0, 0.05) is 30.9 Å². The lowest BCUT2D eigenvalue weighted by atomic mass is 10.1. The third-order valence-electron chi connectivity index (χ3n) is 4.36. The first-order valence-electron chi connectivity index (χ1n) is 7.70. The highest BCUT2D eigenvalue weighted by Crippen LogP contribution is 2.33. The van der Waals surface area contributed by atoms with Crippen molar-refractivity contribution in [1.82, 2.24) is 14.7 Å². The predicted molar refractivity (Wildman–Crippen MR) is 88.8 cm³/mol. The topological polar surface area (TPSA) is 98.3 Å². The molecule has 7 nitrogen and oxygen atoms in total. The van der Waals surface area contributed by atoms with Crippen LogP contribution in [0.5, 0.6) is 0 Å². The first-order valence-corrected chi connectivity index (χ1v) is 9.25. The SMILES string of the molecule is Cc1ccc(C(=O)N2CCC[C@H]2c2cnn(C)c2)cc1S(N)(=O)=O. The number of hydrogen-bond acceptors (Lipinski definition) is 4. The summed E-state index contributed by atoms with van der Waals surface area (Å²) in [5.74, 6) is -0.189. The summed E-state index contributed by atoms with van der Waals surface area (Å²) in [5, 5.41) is 9.41. The largest absolute Gasteiger partial charge is 0.331 e. The smallest absolute Gasteiger partial charge is 0.254 e. The number of nitrogens with zero attached hydrogens (tertiary/aromatic N) is 3. The Morgan fingerprint density at radius 1 is 1.38 bits per heavy atom. The van der Waals surface area contributed by atoms with Gasteiger partial charge in [0.2, 0.25) is 10.0 Å². The Kier molecular flexibility index (Phi) is 4.18. The van der Waals surface area contributed by atoms with Crippen LogP contribution in [0.4, 0.5) is 0 Å². The van der Waals surface area contributed by atoms with Crippen molar-refractivity contribution in [1.29, 1.82) is 0 Å². The molecule has 0 radical (unpaired) electrons. The van der Waals surface area contributed by atoms with Crippen molar-refractivity contribution in [2.24, 2.45) is 12.2 Å². The monoisotopic (exact) mass is 348 g/mol. The Labute approximate surface area is 141 Å². The van der Waals surface area contributed by atoms with E-state index in [4.69, 9.17) is 5.14 Å². The van der Waals surface area contributed by atoms with Gasteiger partial charge in [-0.15, -0.1) is 0 Å². The van der Waals surface area contributed by atoms with Gasteiger partial charge in [-0.2, -0.15) is 5.10 Å². The van der Waals surface area contributed by atoms with Gasteiger partial charge >= 0.3 is 0 Å². The minimum absolute atomic E-state index is 0.00882. The van der Waals surface area contributed by atoms with Crippen LogP contribution in [0.2, 0.25) is 0 Å². The molecule has 0 aliphatic carbocycles. The fourth-order valence-electron chi connectivity index (χ4n) is 3.17. The van der Waals surface area contributed by atoms with Crippen LogP contribution in [0.15, 0.2) is 35.5 Å². The van der Waals surface area contributed by atoms with Crippen molar-refractivity contribution >= 4 is 15.9 Å². The molecule has 1 saturated heterocycles. The molecule has 2 N–H and O–H groups in total. The molecule has 128 valence electrons. The number of rotatable bonds is 3. The van der Waals surface area contributed by atoms with Crippen molar-refractivity contribution in [3.05, 3.63) is 47.3 Å². The Bertz CT molecular complexity index is 888. The number of aromatic nitrogens is 2. The van der Waals surface area contributed by atoms with Gasteiger partial charge in [0.25, 0.3) is 5.91 Å². The van der Waals surface area contributed by atoms with Crippen LogP contribution in [0, 0.1) is 6.92 Å². The number of aryl methyl sites for hydroxylation is 2. The first-order chi connectivity index (χ1) is 11.3. The second kappa shape index (κ2) is 6.03. The average molecular weight is 348 g/mol. The first kappa shape index (κ1) is 16.7. The standard InChI is InChI=1S/C16H20N4O3S/c1-11-5-6-12(8-15(11)24(17,22)23)16(21)20-7-3-4-14(20)13-9-18-19(2)10-13/h5-6,8-10,14H,3-4,7H2,1-2H3,(H2,17,22,23)/t14-/m0/s1. The molecule has 2 heterocycles. The minimum Gasteiger partial charge on any atom is -0.331 e. The Morgan fingerprint density at radius 2 is 2.12 bits per heavy atom. The summed E-state index contributed by atoms with van der Waals surface area (Å²) in [4.78, 5) is 14.7. The van der Waals surface area contributed by atoms with E-state index in [9.17, 15) is 13.2 Å². The molecule has 1 aromatic carbocycles. The van der Waals surface area contributed by atoms with Crippen LogP contribution >= 0.6 is 0 Å². The number of nitrogens with two attached hydrogens (primary N) is 1. The molecule has 8 heteroatoms.